The molecule has 118 valence electrons. The summed E-state index contributed by atoms with van der Waals surface area (Å²) in [6.07, 6.45) is 5.26. The van der Waals surface area contributed by atoms with Crippen LogP contribution in [0.3, 0.4) is 0 Å². The van der Waals surface area contributed by atoms with Crippen molar-refractivity contribution in [3.05, 3.63) is 29.8 Å². The van der Waals surface area contributed by atoms with Crippen LogP contribution in [0.25, 0.3) is 0 Å². The smallest absolute Gasteiger partial charge is 0.238 e. The molecule has 1 saturated heterocycles. The number of likely N-dealkylation sites (tertiary alicyclic amines) is 1. The molecule has 21 heavy (non-hydrogen) atoms. The van der Waals surface area contributed by atoms with Gasteiger partial charge in [-0.25, -0.2) is 13.6 Å². The Kier molecular flexibility index (Phi) is 5.75. The number of hydrogen-bond donors (Lipinski definition) is 2. The summed E-state index contributed by atoms with van der Waals surface area (Å²) in [5.41, 5.74) is 1.12. The van der Waals surface area contributed by atoms with Gasteiger partial charge in [0, 0.05) is 19.2 Å². The minimum atomic E-state index is -3.60. The van der Waals surface area contributed by atoms with Crippen LogP contribution in [0.5, 0.6) is 0 Å². The van der Waals surface area contributed by atoms with Crippen molar-refractivity contribution < 1.29 is 13.5 Å². The molecule has 0 spiro atoms. The highest BCUT2D eigenvalue weighted by Gasteiger charge is 2.23. The maximum absolute atomic E-state index is 11.2. The lowest BCUT2D eigenvalue weighted by Crippen LogP contribution is -2.31. The Morgan fingerprint density at radius 2 is 2.00 bits per heavy atom. The molecule has 5 nitrogen and oxygen atoms in total. The second-order valence-corrected chi connectivity index (χ2v) is 7.20. The van der Waals surface area contributed by atoms with Crippen LogP contribution in [0.4, 0.5) is 0 Å². The third kappa shape index (κ3) is 4.78. The Hall–Kier alpha value is -0.950. The fraction of sp³-hybridized carbons (Fsp3) is 0.600. The van der Waals surface area contributed by atoms with Crippen molar-refractivity contribution in [2.45, 2.75) is 43.0 Å². The molecule has 0 bridgehead atoms. The number of nitrogens with zero attached hydrogens (tertiary/aromatic N) is 1. The maximum Gasteiger partial charge on any atom is 0.238 e. The molecule has 1 heterocycles. The topological polar surface area (TPSA) is 83.6 Å². The van der Waals surface area contributed by atoms with Gasteiger partial charge in [-0.05, 0) is 56.3 Å². The molecular weight excluding hydrogens is 288 g/mol. The van der Waals surface area contributed by atoms with Gasteiger partial charge >= 0.3 is 0 Å². The van der Waals surface area contributed by atoms with Crippen LogP contribution < -0.4 is 5.14 Å². The summed E-state index contributed by atoms with van der Waals surface area (Å²) in [6, 6.07) is 7.38. The van der Waals surface area contributed by atoms with Crippen LogP contribution in [-0.4, -0.2) is 44.2 Å². The summed E-state index contributed by atoms with van der Waals surface area (Å²) in [4.78, 5) is 2.64. The normalized spacial score (nSPS) is 20.0. The first-order valence-corrected chi connectivity index (χ1v) is 9.02. The van der Waals surface area contributed by atoms with Crippen LogP contribution in [0.15, 0.2) is 29.2 Å². The van der Waals surface area contributed by atoms with Crippen molar-refractivity contribution in [1.29, 1.82) is 0 Å². The molecule has 3 N–H and O–H groups in total. The summed E-state index contributed by atoms with van der Waals surface area (Å²) in [5.74, 6) is 0. The van der Waals surface area contributed by atoms with Gasteiger partial charge in [0.1, 0.15) is 0 Å². The Balaban J connectivity index is 1.88. The molecular formula is C15H24N2O3S. The summed E-state index contributed by atoms with van der Waals surface area (Å²) in [6.45, 7) is 2.36. The van der Waals surface area contributed by atoms with Gasteiger partial charge in [0.2, 0.25) is 10.0 Å². The molecule has 1 fully saturated rings. The van der Waals surface area contributed by atoms with Crippen LogP contribution in [0, 0.1) is 0 Å². The highest BCUT2D eigenvalue weighted by molar-refractivity contribution is 7.89. The number of aliphatic hydroxyl groups excluding tert-OH is 1. The van der Waals surface area contributed by atoms with Gasteiger partial charge in [-0.2, -0.15) is 0 Å². The minimum absolute atomic E-state index is 0.160. The van der Waals surface area contributed by atoms with E-state index in [1.54, 1.807) is 12.1 Å². The molecule has 2 rings (SSSR count). The summed E-state index contributed by atoms with van der Waals surface area (Å²) in [7, 11) is -3.60. The Bertz CT molecular complexity index is 543. The maximum atomic E-state index is 11.2. The first-order valence-electron chi connectivity index (χ1n) is 7.47. The Morgan fingerprint density at radius 1 is 1.29 bits per heavy atom. The van der Waals surface area contributed by atoms with E-state index in [0.717, 1.165) is 37.9 Å². The second kappa shape index (κ2) is 7.35. The van der Waals surface area contributed by atoms with Gasteiger partial charge in [0.25, 0.3) is 0 Å². The Morgan fingerprint density at radius 3 is 2.62 bits per heavy atom. The predicted molar refractivity (Wildman–Crippen MR) is 82.4 cm³/mol. The number of primary sulfonamides is 1. The highest BCUT2D eigenvalue weighted by Crippen LogP contribution is 2.21. The predicted octanol–water partition coefficient (Wildman–Crippen LogP) is 1.11. The number of hydrogen-bond acceptors (Lipinski definition) is 4. The Labute approximate surface area is 126 Å². The fourth-order valence-corrected chi connectivity index (χ4v) is 3.48. The molecule has 0 aliphatic carbocycles. The third-order valence-electron chi connectivity index (χ3n) is 4.13. The molecule has 0 aromatic heterocycles. The molecule has 1 aromatic rings. The number of aliphatic hydroxyl groups is 1. The van der Waals surface area contributed by atoms with Gasteiger partial charge in [-0.3, -0.25) is 0 Å². The SMILES string of the molecule is NS(=O)(=O)c1ccc(CCN2CCCC2CCCO)cc1. The highest BCUT2D eigenvalue weighted by atomic mass is 32.2. The second-order valence-electron chi connectivity index (χ2n) is 5.64. The van der Waals surface area contributed by atoms with Crippen molar-refractivity contribution in [3.63, 3.8) is 0 Å². The summed E-state index contributed by atoms with van der Waals surface area (Å²) >= 11 is 0. The van der Waals surface area contributed by atoms with Crippen molar-refractivity contribution in [2.75, 3.05) is 19.7 Å². The molecule has 0 radical (unpaired) electrons. The van der Waals surface area contributed by atoms with E-state index in [-0.39, 0.29) is 11.5 Å². The largest absolute Gasteiger partial charge is 0.396 e. The molecule has 1 unspecified atom stereocenters. The number of sulfonamides is 1. The molecule has 0 saturated carbocycles. The van der Waals surface area contributed by atoms with Gasteiger partial charge in [0.15, 0.2) is 0 Å². The van der Waals surface area contributed by atoms with E-state index in [1.807, 2.05) is 12.1 Å². The molecule has 0 amide bonds. The van der Waals surface area contributed by atoms with Gasteiger partial charge in [-0.1, -0.05) is 12.1 Å². The van der Waals surface area contributed by atoms with E-state index in [2.05, 4.69) is 4.90 Å². The lowest BCUT2D eigenvalue weighted by atomic mass is 10.1. The zero-order chi connectivity index (χ0) is 15.3. The molecule has 1 aliphatic rings. The average molecular weight is 312 g/mol. The number of nitrogens with two attached hydrogens (primary N) is 1. The monoisotopic (exact) mass is 312 g/mol. The summed E-state index contributed by atoms with van der Waals surface area (Å²) in [5, 5.41) is 14.0. The van der Waals surface area contributed by atoms with Crippen LogP contribution >= 0.6 is 0 Å². The van der Waals surface area contributed by atoms with E-state index in [1.165, 1.54) is 12.8 Å². The lowest BCUT2D eigenvalue weighted by Gasteiger charge is -2.24. The van der Waals surface area contributed by atoms with Crippen molar-refractivity contribution in [2.24, 2.45) is 5.14 Å². The standard InChI is InChI=1S/C15H24N2O3S/c16-21(19,20)15-7-5-13(6-8-15)9-11-17-10-1-3-14(17)4-2-12-18/h5-8,14,18H,1-4,9-12H2,(H2,16,19,20). The van der Waals surface area contributed by atoms with E-state index in [9.17, 15) is 8.42 Å². The fourth-order valence-electron chi connectivity index (χ4n) is 2.96. The average Bonchev–Trinajstić information content (AvgIpc) is 2.90. The number of benzene rings is 1. The summed E-state index contributed by atoms with van der Waals surface area (Å²) < 4.78 is 22.4. The van der Waals surface area contributed by atoms with E-state index >= 15 is 0 Å². The van der Waals surface area contributed by atoms with Crippen LogP contribution in [0.1, 0.15) is 31.2 Å². The van der Waals surface area contributed by atoms with E-state index in [4.69, 9.17) is 10.2 Å². The lowest BCUT2D eigenvalue weighted by molar-refractivity contribution is 0.218. The molecule has 6 heteroatoms. The van der Waals surface area contributed by atoms with E-state index in [0.29, 0.717) is 6.04 Å². The zero-order valence-corrected chi connectivity index (χ0v) is 13.1. The third-order valence-corrected chi connectivity index (χ3v) is 5.06. The zero-order valence-electron chi connectivity index (χ0n) is 12.2. The van der Waals surface area contributed by atoms with Crippen LogP contribution in [0.2, 0.25) is 0 Å². The van der Waals surface area contributed by atoms with E-state index < -0.39 is 10.0 Å². The van der Waals surface area contributed by atoms with Crippen LogP contribution in [-0.2, 0) is 16.4 Å². The van der Waals surface area contributed by atoms with Gasteiger partial charge in [-0.15, -0.1) is 0 Å². The van der Waals surface area contributed by atoms with Crippen molar-refractivity contribution >= 4 is 10.0 Å². The molecule has 1 aromatic carbocycles. The molecule has 1 atom stereocenters. The quantitative estimate of drug-likeness (QED) is 0.790. The number of rotatable bonds is 7. The minimum Gasteiger partial charge on any atom is -0.396 e. The van der Waals surface area contributed by atoms with Gasteiger partial charge < -0.3 is 10.0 Å². The van der Waals surface area contributed by atoms with Crippen molar-refractivity contribution in [3.8, 4) is 0 Å². The first-order chi connectivity index (χ1) is 10.0. The first kappa shape index (κ1) is 16.4. The van der Waals surface area contributed by atoms with Crippen molar-refractivity contribution in [1.82, 2.24) is 4.90 Å². The van der Waals surface area contributed by atoms with Gasteiger partial charge in [0.05, 0.1) is 4.90 Å². The molecule has 1 aliphatic heterocycles.